The largest absolute Gasteiger partial charge is 0.461 e. The van der Waals surface area contributed by atoms with Gasteiger partial charge in [-0.15, -0.1) is 5.10 Å². The van der Waals surface area contributed by atoms with Gasteiger partial charge in [0.1, 0.15) is 5.03 Å². The van der Waals surface area contributed by atoms with Crippen LogP contribution in [0.1, 0.15) is 5.69 Å². The third kappa shape index (κ3) is 2.23. The lowest BCUT2D eigenvalue weighted by molar-refractivity contribution is 0.413. The quantitative estimate of drug-likeness (QED) is 0.714. The van der Waals surface area contributed by atoms with E-state index in [1.807, 2.05) is 18.2 Å². The summed E-state index contributed by atoms with van der Waals surface area (Å²) in [5.41, 5.74) is 0.837. The zero-order valence-electron chi connectivity index (χ0n) is 8.66. The third-order valence-electron chi connectivity index (χ3n) is 2.08. The van der Waals surface area contributed by atoms with Gasteiger partial charge in [-0.2, -0.15) is 10.3 Å². The number of hydrogen-bond donors (Lipinski definition) is 1. The molecule has 0 unspecified atom stereocenters. The van der Waals surface area contributed by atoms with Crippen LogP contribution in [0.4, 0.5) is 0 Å². The van der Waals surface area contributed by atoms with Crippen LogP contribution in [0.15, 0.2) is 44.6 Å². The number of rotatable bonds is 4. The van der Waals surface area contributed by atoms with Gasteiger partial charge in [0.05, 0.1) is 18.2 Å². The van der Waals surface area contributed by atoms with Gasteiger partial charge in [0.15, 0.2) is 5.76 Å². The van der Waals surface area contributed by atoms with Crippen LogP contribution in [0.3, 0.4) is 0 Å². The van der Waals surface area contributed by atoms with Gasteiger partial charge < -0.3 is 8.94 Å². The van der Waals surface area contributed by atoms with Crippen molar-refractivity contribution in [1.82, 2.24) is 20.6 Å². The Hall–Kier alpha value is -2.02. The van der Waals surface area contributed by atoms with Crippen molar-refractivity contribution in [2.75, 3.05) is 0 Å². The number of nitrogens with one attached hydrogen (secondary N) is 1. The van der Waals surface area contributed by atoms with Gasteiger partial charge in [-0.25, -0.2) is 0 Å². The molecule has 0 spiro atoms. The maximum atomic E-state index is 5.22. The zero-order valence-corrected chi connectivity index (χ0v) is 9.48. The van der Waals surface area contributed by atoms with Gasteiger partial charge in [-0.1, -0.05) is 16.9 Å². The van der Waals surface area contributed by atoms with E-state index in [-0.39, 0.29) is 0 Å². The minimum Gasteiger partial charge on any atom is -0.461 e. The van der Waals surface area contributed by atoms with Crippen LogP contribution < -0.4 is 0 Å². The van der Waals surface area contributed by atoms with E-state index in [0.717, 1.165) is 10.7 Å². The summed E-state index contributed by atoms with van der Waals surface area (Å²) in [6, 6.07) is 5.49. The van der Waals surface area contributed by atoms with Crippen molar-refractivity contribution >= 4 is 11.8 Å². The van der Waals surface area contributed by atoms with Crippen molar-refractivity contribution in [3.8, 4) is 11.5 Å². The highest BCUT2D eigenvalue weighted by atomic mass is 32.2. The number of nitrogens with zero attached hydrogens (tertiary/aromatic N) is 3. The molecule has 1 N–H and O–H groups in total. The summed E-state index contributed by atoms with van der Waals surface area (Å²) in [7, 11) is 0. The van der Waals surface area contributed by atoms with Gasteiger partial charge >= 0.3 is 0 Å². The van der Waals surface area contributed by atoms with Crippen LogP contribution in [0, 0.1) is 0 Å². The molecule has 3 rings (SSSR count). The molecule has 3 aromatic rings. The summed E-state index contributed by atoms with van der Waals surface area (Å²) in [4.78, 5) is 0. The summed E-state index contributed by atoms with van der Waals surface area (Å²) in [6.07, 6.45) is 3.26. The van der Waals surface area contributed by atoms with E-state index in [1.54, 1.807) is 12.5 Å². The van der Waals surface area contributed by atoms with Gasteiger partial charge in [0, 0.05) is 11.8 Å². The first-order valence-electron chi connectivity index (χ1n) is 4.90. The minimum absolute atomic E-state index is 0.630. The summed E-state index contributed by atoms with van der Waals surface area (Å²) in [6.45, 7) is 0. The Morgan fingerprint density at radius 2 is 2.35 bits per heavy atom. The van der Waals surface area contributed by atoms with E-state index in [0.29, 0.717) is 17.3 Å². The normalized spacial score (nSPS) is 10.8. The maximum Gasteiger partial charge on any atom is 0.202 e. The molecule has 0 fully saturated rings. The fraction of sp³-hybridized carbons (Fsp3) is 0.100. The summed E-state index contributed by atoms with van der Waals surface area (Å²) < 4.78 is 10.4. The van der Waals surface area contributed by atoms with Crippen molar-refractivity contribution in [3.63, 3.8) is 0 Å². The first-order valence-corrected chi connectivity index (χ1v) is 5.88. The second-order valence-electron chi connectivity index (χ2n) is 3.26. The SMILES string of the molecule is c1coc(-c2cc(CSc3cn[nH]n3)no2)c1. The number of thioether (sulfide) groups is 1. The highest BCUT2D eigenvalue weighted by molar-refractivity contribution is 7.98. The van der Waals surface area contributed by atoms with E-state index in [2.05, 4.69) is 20.6 Å². The average molecular weight is 248 g/mol. The first kappa shape index (κ1) is 10.2. The number of furan rings is 1. The number of aromatic amines is 1. The molecule has 0 aromatic carbocycles. The van der Waals surface area contributed by atoms with E-state index >= 15 is 0 Å². The molecule has 0 saturated carbocycles. The smallest absolute Gasteiger partial charge is 0.202 e. The highest BCUT2D eigenvalue weighted by Gasteiger charge is 2.09. The molecule has 0 bridgehead atoms. The Morgan fingerprint density at radius 3 is 3.12 bits per heavy atom. The van der Waals surface area contributed by atoms with Gasteiger partial charge in [0.2, 0.25) is 5.76 Å². The molecule has 3 aromatic heterocycles. The lowest BCUT2D eigenvalue weighted by Gasteiger charge is -1.89. The summed E-state index contributed by atoms with van der Waals surface area (Å²) >= 11 is 1.53. The van der Waals surface area contributed by atoms with E-state index in [9.17, 15) is 0 Å². The molecular weight excluding hydrogens is 240 g/mol. The molecule has 0 aliphatic carbocycles. The van der Waals surface area contributed by atoms with Gasteiger partial charge in [-0.3, -0.25) is 0 Å². The van der Waals surface area contributed by atoms with Crippen LogP contribution in [0.2, 0.25) is 0 Å². The van der Waals surface area contributed by atoms with Crippen LogP contribution in [-0.2, 0) is 5.75 Å². The molecule has 6 nitrogen and oxygen atoms in total. The van der Waals surface area contributed by atoms with Crippen LogP contribution >= 0.6 is 11.8 Å². The van der Waals surface area contributed by atoms with Crippen molar-refractivity contribution in [2.24, 2.45) is 0 Å². The van der Waals surface area contributed by atoms with Crippen molar-refractivity contribution in [3.05, 3.63) is 36.4 Å². The molecule has 0 atom stereocenters. The molecule has 0 aliphatic rings. The van der Waals surface area contributed by atoms with Crippen LogP contribution in [0.25, 0.3) is 11.5 Å². The Balaban J connectivity index is 1.69. The zero-order chi connectivity index (χ0) is 11.5. The van der Waals surface area contributed by atoms with Crippen molar-refractivity contribution in [2.45, 2.75) is 10.8 Å². The molecule has 17 heavy (non-hydrogen) atoms. The van der Waals surface area contributed by atoms with Crippen molar-refractivity contribution < 1.29 is 8.94 Å². The monoisotopic (exact) mass is 248 g/mol. The lowest BCUT2D eigenvalue weighted by atomic mass is 10.3. The standard InChI is InChI=1S/C10H8N4O2S/c1-2-8(15-3-1)9-4-7(13-16-9)6-17-10-5-11-14-12-10/h1-5H,6H2,(H,11,12,14). The predicted molar refractivity (Wildman–Crippen MR) is 60.1 cm³/mol. The predicted octanol–water partition coefficient (Wildman–Crippen LogP) is 2.34. The summed E-state index contributed by atoms with van der Waals surface area (Å²) in [5.74, 6) is 1.98. The Kier molecular flexibility index (Phi) is 2.66. The molecule has 0 saturated heterocycles. The molecule has 0 amide bonds. The lowest BCUT2D eigenvalue weighted by Crippen LogP contribution is -1.79. The Bertz CT molecular complexity index is 573. The molecule has 3 heterocycles. The molecule has 86 valence electrons. The van der Waals surface area contributed by atoms with Crippen LogP contribution in [0.5, 0.6) is 0 Å². The van der Waals surface area contributed by atoms with Gasteiger partial charge in [-0.05, 0) is 12.1 Å². The second-order valence-corrected chi connectivity index (χ2v) is 4.25. The van der Waals surface area contributed by atoms with Crippen molar-refractivity contribution in [1.29, 1.82) is 0 Å². The number of H-pyrrole nitrogens is 1. The highest BCUT2D eigenvalue weighted by Crippen LogP contribution is 2.24. The maximum absolute atomic E-state index is 5.22. The van der Waals surface area contributed by atoms with Crippen LogP contribution in [-0.4, -0.2) is 20.6 Å². The first-order chi connectivity index (χ1) is 8.42. The fourth-order valence-corrected chi connectivity index (χ4v) is 1.99. The van der Waals surface area contributed by atoms with E-state index < -0.39 is 0 Å². The average Bonchev–Trinajstić information content (AvgIpc) is 3.09. The van der Waals surface area contributed by atoms with E-state index in [1.165, 1.54) is 11.8 Å². The minimum atomic E-state index is 0.630. The molecular formula is C10H8N4O2S. The molecule has 0 aliphatic heterocycles. The van der Waals surface area contributed by atoms with E-state index in [4.69, 9.17) is 8.94 Å². The number of aromatic nitrogens is 4. The Morgan fingerprint density at radius 1 is 1.35 bits per heavy atom. The summed E-state index contributed by atoms with van der Waals surface area (Å²) in [5, 5.41) is 15.0. The number of hydrogen-bond acceptors (Lipinski definition) is 6. The third-order valence-corrected chi connectivity index (χ3v) is 3.02. The molecule has 0 radical (unpaired) electrons. The topological polar surface area (TPSA) is 80.7 Å². The van der Waals surface area contributed by atoms with Gasteiger partial charge in [0.25, 0.3) is 0 Å². The second kappa shape index (κ2) is 4.46. The molecule has 7 heteroatoms. The fourth-order valence-electron chi connectivity index (χ4n) is 1.32. The Labute approximate surface area is 100 Å².